The fourth-order valence-electron chi connectivity index (χ4n) is 5.32. The van der Waals surface area contributed by atoms with Crippen LogP contribution in [0.1, 0.15) is 0 Å². The van der Waals surface area contributed by atoms with Gasteiger partial charge in [-0.1, -0.05) is 103 Å². The lowest BCUT2D eigenvalue weighted by atomic mass is 10.0. The van der Waals surface area contributed by atoms with Gasteiger partial charge in [-0.3, -0.25) is 0 Å². The van der Waals surface area contributed by atoms with Crippen molar-refractivity contribution in [3.63, 3.8) is 0 Å². The number of hydrogen-bond acceptors (Lipinski definition) is 2. The molecule has 0 aromatic heterocycles. The third-order valence-corrected chi connectivity index (χ3v) is 7.39. The van der Waals surface area contributed by atoms with Crippen LogP contribution < -0.4 is 10.2 Å². The van der Waals surface area contributed by atoms with Gasteiger partial charge in [0, 0.05) is 28.4 Å². The summed E-state index contributed by atoms with van der Waals surface area (Å²) in [5.74, 6) is 0. The van der Waals surface area contributed by atoms with Crippen LogP contribution in [0.25, 0.3) is 32.7 Å². The van der Waals surface area contributed by atoms with Crippen LogP contribution >= 0.6 is 0 Å². The van der Waals surface area contributed by atoms with Crippen molar-refractivity contribution >= 4 is 50.0 Å². The molecule has 190 valence electrons. The van der Waals surface area contributed by atoms with Gasteiger partial charge in [0.05, 0.1) is 0 Å². The van der Waals surface area contributed by atoms with E-state index < -0.39 is 0 Å². The summed E-state index contributed by atoms with van der Waals surface area (Å²) in [7, 11) is 0. The zero-order valence-electron chi connectivity index (χ0n) is 22.0. The molecule has 2 nitrogen and oxygen atoms in total. The van der Waals surface area contributed by atoms with Crippen LogP contribution in [0.15, 0.2) is 164 Å². The predicted molar refractivity (Wildman–Crippen MR) is 171 cm³/mol. The summed E-state index contributed by atoms with van der Waals surface area (Å²) >= 11 is 0. The Kier molecular flexibility index (Phi) is 6.20. The summed E-state index contributed by atoms with van der Waals surface area (Å²) in [5, 5.41) is 8.50. The molecule has 0 aliphatic rings. The molecule has 1 N–H and O–H groups in total. The van der Waals surface area contributed by atoms with E-state index in [1.807, 2.05) is 0 Å². The molecule has 0 fully saturated rings. The van der Waals surface area contributed by atoms with Crippen molar-refractivity contribution in [3.05, 3.63) is 164 Å². The van der Waals surface area contributed by atoms with Crippen LogP contribution in [0.2, 0.25) is 0 Å². The predicted octanol–water partition coefficient (Wildman–Crippen LogP) is 10.9. The van der Waals surface area contributed by atoms with Gasteiger partial charge in [-0.25, -0.2) is 0 Å². The van der Waals surface area contributed by atoms with E-state index in [0.717, 1.165) is 28.4 Å². The second-order valence-corrected chi connectivity index (χ2v) is 10.0. The van der Waals surface area contributed by atoms with E-state index in [1.165, 1.54) is 32.7 Å². The molecule has 0 heterocycles. The van der Waals surface area contributed by atoms with Crippen molar-refractivity contribution in [2.45, 2.75) is 0 Å². The van der Waals surface area contributed by atoms with Crippen molar-refractivity contribution < 1.29 is 0 Å². The highest BCUT2D eigenvalue weighted by Crippen LogP contribution is 2.37. The topological polar surface area (TPSA) is 15.3 Å². The number of nitrogens with one attached hydrogen (secondary N) is 1. The maximum absolute atomic E-state index is 3.57. The smallest absolute Gasteiger partial charge is 0.0468 e. The molecule has 0 aliphatic heterocycles. The van der Waals surface area contributed by atoms with Crippen molar-refractivity contribution in [1.82, 2.24) is 0 Å². The number of hydrogen-bond donors (Lipinski definition) is 1. The average molecular weight is 513 g/mol. The third-order valence-electron chi connectivity index (χ3n) is 7.39. The van der Waals surface area contributed by atoms with Crippen LogP contribution in [0.5, 0.6) is 0 Å². The van der Waals surface area contributed by atoms with E-state index in [-0.39, 0.29) is 0 Å². The Hall–Kier alpha value is -5.34. The summed E-state index contributed by atoms with van der Waals surface area (Å²) in [6.45, 7) is 0. The van der Waals surface area contributed by atoms with Crippen molar-refractivity contribution in [1.29, 1.82) is 0 Å². The molecular formula is C38H28N2. The highest BCUT2D eigenvalue weighted by atomic mass is 15.1. The van der Waals surface area contributed by atoms with E-state index in [4.69, 9.17) is 0 Å². The Balaban J connectivity index is 1.24. The first-order valence-electron chi connectivity index (χ1n) is 13.6. The first kappa shape index (κ1) is 23.8. The minimum atomic E-state index is 1.05. The Bertz CT molecular complexity index is 1910. The van der Waals surface area contributed by atoms with Gasteiger partial charge >= 0.3 is 0 Å². The number of benzene rings is 7. The summed E-state index contributed by atoms with van der Waals surface area (Å²) < 4.78 is 0. The lowest BCUT2D eigenvalue weighted by Gasteiger charge is -2.26. The molecule has 0 aliphatic carbocycles. The van der Waals surface area contributed by atoms with Gasteiger partial charge in [0.1, 0.15) is 0 Å². The van der Waals surface area contributed by atoms with E-state index >= 15 is 0 Å². The van der Waals surface area contributed by atoms with Gasteiger partial charge in [-0.2, -0.15) is 0 Å². The fraction of sp³-hybridized carbons (Fsp3) is 0. The molecule has 0 atom stereocenters. The third kappa shape index (κ3) is 4.79. The zero-order chi connectivity index (χ0) is 26.7. The standard InChI is InChI=1S/C38H28N2/c1-2-8-28(9-3-1)31-15-21-36(22-16-31)40(38-23-17-30-11-5-7-13-33(30)27-38)37-24-19-34(20-25-37)39-35-18-14-29-10-4-6-12-32(29)26-35/h1-27,39H. The maximum Gasteiger partial charge on any atom is 0.0468 e. The summed E-state index contributed by atoms with van der Waals surface area (Å²) in [4.78, 5) is 2.32. The lowest BCUT2D eigenvalue weighted by Crippen LogP contribution is -2.10. The normalized spacial score (nSPS) is 11.0. The van der Waals surface area contributed by atoms with Gasteiger partial charge < -0.3 is 10.2 Å². The van der Waals surface area contributed by atoms with Crippen LogP contribution in [0.4, 0.5) is 28.4 Å². The lowest BCUT2D eigenvalue weighted by molar-refractivity contribution is 1.29. The minimum absolute atomic E-state index is 1.05. The van der Waals surface area contributed by atoms with Gasteiger partial charge in [0.25, 0.3) is 0 Å². The molecule has 0 bridgehead atoms. The number of rotatable bonds is 6. The second-order valence-electron chi connectivity index (χ2n) is 10.0. The molecule has 7 rings (SSSR count). The van der Waals surface area contributed by atoms with Crippen molar-refractivity contribution in [2.24, 2.45) is 0 Å². The highest BCUT2D eigenvalue weighted by Gasteiger charge is 2.14. The Morgan fingerprint density at radius 1 is 0.325 bits per heavy atom. The average Bonchev–Trinajstić information content (AvgIpc) is 3.03. The Labute approximate surface area is 234 Å². The van der Waals surface area contributed by atoms with Crippen LogP contribution in [0.3, 0.4) is 0 Å². The molecular weight excluding hydrogens is 484 g/mol. The van der Waals surface area contributed by atoms with E-state index in [0.29, 0.717) is 0 Å². The van der Waals surface area contributed by atoms with Gasteiger partial charge in [0.15, 0.2) is 0 Å². The van der Waals surface area contributed by atoms with Crippen LogP contribution in [-0.4, -0.2) is 0 Å². The number of fused-ring (bicyclic) bond motifs is 2. The molecule has 40 heavy (non-hydrogen) atoms. The molecule has 0 spiro atoms. The highest BCUT2D eigenvalue weighted by molar-refractivity contribution is 5.90. The van der Waals surface area contributed by atoms with E-state index in [1.54, 1.807) is 0 Å². The molecule has 7 aromatic carbocycles. The van der Waals surface area contributed by atoms with Crippen LogP contribution in [0, 0.1) is 0 Å². The zero-order valence-corrected chi connectivity index (χ0v) is 22.0. The monoisotopic (exact) mass is 512 g/mol. The molecule has 0 amide bonds. The Morgan fingerprint density at radius 2 is 0.800 bits per heavy atom. The van der Waals surface area contributed by atoms with Gasteiger partial charge in [0.2, 0.25) is 0 Å². The number of nitrogens with zero attached hydrogens (tertiary/aromatic N) is 1. The van der Waals surface area contributed by atoms with Crippen molar-refractivity contribution in [3.8, 4) is 11.1 Å². The Morgan fingerprint density at radius 3 is 1.48 bits per heavy atom. The van der Waals surface area contributed by atoms with Crippen molar-refractivity contribution in [2.75, 3.05) is 10.2 Å². The van der Waals surface area contributed by atoms with E-state index in [9.17, 15) is 0 Å². The fourth-order valence-corrected chi connectivity index (χ4v) is 5.32. The summed E-state index contributed by atoms with van der Waals surface area (Å²) in [6.07, 6.45) is 0. The molecule has 0 unspecified atom stereocenters. The first-order valence-corrected chi connectivity index (χ1v) is 13.6. The quantitative estimate of drug-likeness (QED) is 0.238. The second kappa shape index (κ2) is 10.4. The molecule has 0 saturated heterocycles. The van der Waals surface area contributed by atoms with E-state index in [2.05, 4.69) is 174 Å². The molecule has 7 aromatic rings. The minimum Gasteiger partial charge on any atom is -0.356 e. The van der Waals surface area contributed by atoms with Gasteiger partial charge in [-0.05, 0) is 93.3 Å². The maximum atomic E-state index is 3.57. The first-order chi connectivity index (χ1) is 19.8. The molecule has 0 radical (unpaired) electrons. The molecule has 2 heteroatoms. The summed E-state index contributed by atoms with van der Waals surface area (Å²) in [6, 6.07) is 58.1. The largest absolute Gasteiger partial charge is 0.356 e. The van der Waals surface area contributed by atoms with Crippen LogP contribution in [-0.2, 0) is 0 Å². The number of anilines is 5. The molecule has 0 saturated carbocycles. The van der Waals surface area contributed by atoms with Gasteiger partial charge in [-0.15, -0.1) is 0 Å². The SMILES string of the molecule is c1ccc(-c2ccc(N(c3ccc(Nc4ccc5ccccc5c4)cc3)c3ccc4ccccc4c3)cc2)cc1. The summed E-state index contributed by atoms with van der Waals surface area (Å²) in [5.41, 5.74) is 7.90.